The number of hydrogen-bond acceptors (Lipinski definition) is 20. The molecule has 0 spiro atoms. The van der Waals surface area contributed by atoms with E-state index >= 15 is 43.2 Å². The van der Waals surface area contributed by atoms with Crippen LogP contribution in [-0.4, -0.2) is 274 Å². The molecule has 3 aliphatic rings. The number of phenolic OH excluding ortho intramolecular Hbond substituents is 1. The zero-order valence-corrected chi connectivity index (χ0v) is 73.7. The number of rotatable bonds is 23. The van der Waals surface area contributed by atoms with E-state index in [0.29, 0.717) is 51.6 Å². The topological polar surface area (TPSA) is 495 Å². The highest BCUT2D eigenvalue weighted by Crippen LogP contribution is 2.28. The van der Waals surface area contributed by atoms with Gasteiger partial charge in [0.1, 0.15) is 90.9 Å². The number of phenols is 1. The van der Waals surface area contributed by atoms with Gasteiger partial charge >= 0.3 is 0 Å². The third kappa shape index (κ3) is 27.4. The van der Waals surface area contributed by atoms with Gasteiger partial charge in [0.25, 0.3) is 6.47 Å². The number of aromatic nitrogens is 1. The highest BCUT2D eigenvalue weighted by molar-refractivity contribution is 8.00. The van der Waals surface area contributed by atoms with Gasteiger partial charge in [0, 0.05) is 89.2 Å². The number of nitrogens with one attached hydrogen (secondary N) is 10. The number of thioether (sulfide) groups is 1. The molecule has 36 heteroatoms. The molecule has 6 aromatic rings. The molecule has 0 aliphatic carbocycles. The van der Waals surface area contributed by atoms with Crippen molar-refractivity contribution in [3.05, 3.63) is 174 Å². The molecular formula is C91H119N17O18S. The quantitative estimate of drug-likeness (QED) is 0.0399. The van der Waals surface area contributed by atoms with Crippen LogP contribution in [0, 0.1) is 11.8 Å². The Morgan fingerprint density at radius 2 is 1.02 bits per heavy atom. The van der Waals surface area contributed by atoms with Crippen LogP contribution >= 0.6 is 11.8 Å². The number of ether oxygens (including phenoxy) is 1. The lowest BCUT2D eigenvalue weighted by atomic mass is 9.98. The van der Waals surface area contributed by atoms with Crippen molar-refractivity contribution in [2.75, 3.05) is 65.4 Å². The number of benzene rings is 5. The van der Waals surface area contributed by atoms with E-state index in [2.05, 4.69) is 52.8 Å². The summed E-state index contributed by atoms with van der Waals surface area (Å²) >= 11 is 0.850. The van der Waals surface area contributed by atoms with E-state index in [4.69, 9.17) is 16.2 Å². The molecule has 127 heavy (non-hydrogen) atoms. The Bertz CT molecular complexity index is 4830. The van der Waals surface area contributed by atoms with Gasteiger partial charge in [-0.2, -0.15) is 0 Å². The van der Waals surface area contributed by atoms with Crippen LogP contribution in [0.2, 0.25) is 0 Å². The van der Waals surface area contributed by atoms with E-state index in [1.165, 1.54) is 65.0 Å². The molecule has 682 valence electrons. The number of para-hydroxylation sites is 1. The minimum atomic E-state index is -1.72. The lowest BCUT2D eigenvalue weighted by Gasteiger charge is -2.38. The molecule has 3 aliphatic heterocycles. The first-order valence-electron chi connectivity index (χ1n) is 43.0. The Morgan fingerprint density at radius 3 is 1.59 bits per heavy atom. The van der Waals surface area contributed by atoms with E-state index in [1.54, 1.807) is 149 Å². The van der Waals surface area contributed by atoms with E-state index in [0.717, 1.165) is 16.7 Å². The van der Waals surface area contributed by atoms with E-state index in [1.807, 2.05) is 6.92 Å². The second-order valence-corrected chi connectivity index (χ2v) is 34.1. The minimum Gasteiger partial charge on any atom is -0.508 e. The Kier molecular flexibility index (Phi) is 36.7. The summed E-state index contributed by atoms with van der Waals surface area (Å²) in [5.41, 5.74) is 15.0. The van der Waals surface area contributed by atoms with E-state index < -0.39 is 192 Å². The maximum atomic E-state index is 15.6. The van der Waals surface area contributed by atoms with Crippen molar-refractivity contribution in [1.82, 2.24) is 77.3 Å². The number of hydrogen-bond donors (Lipinski definition) is 13. The average Bonchev–Trinajstić information content (AvgIpc) is 1.75. The van der Waals surface area contributed by atoms with Crippen molar-refractivity contribution in [2.45, 2.75) is 197 Å². The number of fused-ring (bicyclic) bond motifs is 3. The Hall–Kier alpha value is -12.7. The summed E-state index contributed by atoms with van der Waals surface area (Å²) in [6.07, 6.45) is 1.67. The van der Waals surface area contributed by atoms with Crippen molar-refractivity contribution in [1.29, 1.82) is 0 Å². The smallest absolute Gasteiger partial charge is 0.293 e. The molecule has 0 saturated carbocycles. The molecule has 3 fully saturated rings. The second kappa shape index (κ2) is 47.6. The third-order valence-corrected chi connectivity index (χ3v) is 24.0. The molecule has 4 heterocycles. The Labute approximate surface area is 742 Å². The molecule has 15 N–H and O–H groups in total. The summed E-state index contributed by atoms with van der Waals surface area (Å²) in [5.74, 6) is -14.4. The molecule has 0 radical (unpaired) electrons. The summed E-state index contributed by atoms with van der Waals surface area (Å²) < 4.78 is 5.20. The van der Waals surface area contributed by atoms with Crippen LogP contribution in [0.4, 0.5) is 0 Å². The first kappa shape index (κ1) is 98.1. The lowest BCUT2D eigenvalue weighted by Crippen LogP contribution is -2.62. The predicted octanol–water partition coefficient (Wildman–Crippen LogP) is 1.10. The number of primary amides is 1. The third-order valence-electron chi connectivity index (χ3n) is 23.0. The van der Waals surface area contributed by atoms with Crippen LogP contribution in [0.1, 0.15) is 114 Å². The number of aromatic hydroxyl groups is 1. The molecule has 0 bridgehead atoms. The standard InChI is InChI=1S/C91H119N17O18S/c1-9-23-73-90(124)108-41-22-33-72(108)84(118)97-64(38-39-92)80(114)103-78(55(4)5)91(125)105(7)74(45-57-26-15-11-16-27-57)86(120)101-69(50-126-53-109)88(122)107-40-21-32-71(107)85(119)100-67(47-60-48-94-63-31-20-19-30-62(60)63)83(117)99-66(43-59-34-36-61(110)37-35-59)82(116)98-65(42-54(2)3)81(115)102-70(79(113)95-49-76(93)111)51-127-52-77(112)96-68(44-56-24-13-10-14-25-56)87(121)106(8)75(89(123)104(73)6)46-58-28-17-12-18-29-58/h10-20,24-31,34-37,48,53-55,64-75,78,94,110H,9,21-23,32-33,38-47,49-52,92H2,1-8H3,(H2,93,111)(H,95,113)(H,96,112)(H,97,118)(H,98,116)(H,99,117)(H,100,119)(H,101,120)(H,102,115)(H,103,114)/t64-,65-,66-,67-,68-,69-,70-,71+,72+,73-,74-,75-,78-/m0/s1. The molecule has 13 atom stereocenters. The number of nitrogens with two attached hydrogens (primary N) is 2. The average molecular weight is 1770 g/mol. The molecule has 1 aromatic heterocycles. The van der Waals surface area contributed by atoms with Crippen LogP contribution in [0.5, 0.6) is 5.75 Å². The van der Waals surface area contributed by atoms with Gasteiger partial charge in [-0.3, -0.25) is 76.7 Å². The maximum Gasteiger partial charge on any atom is 0.293 e. The molecule has 15 amide bonds. The second-order valence-electron chi connectivity index (χ2n) is 33.1. The first-order valence-corrected chi connectivity index (χ1v) is 44.1. The number of nitrogens with zero attached hydrogens (tertiary/aromatic N) is 5. The molecule has 3 saturated heterocycles. The normalized spacial score (nSPS) is 24.1. The largest absolute Gasteiger partial charge is 0.508 e. The van der Waals surface area contributed by atoms with Crippen molar-refractivity contribution in [2.24, 2.45) is 23.3 Å². The summed E-state index contributed by atoms with van der Waals surface area (Å²) in [7, 11) is 4.17. The van der Waals surface area contributed by atoms with Crippen LogP contribution in [0.25, 0.3) is 10.9 Å². The fourth-order valence-corrected chi connectivity index (χ4v) is 16.9. The van der Waals surface area contributed by atoms with Crippen molar-refractivity contribution in [3.8, 4) is 5.75 Å². The number of amides is 15. The maximum absolute atomic E-state index is 15.6. The number of likely N-dealkylation sites (N-methyl/N-ethyl adjacent to an activating group) is 3. The van der Waals surface area contributed by atoms with Gasteiger partial charge in [0.05, 0.1) is 12.3 Å². The summed E-state index contributed by atoms with van der Waals surface area (Å²) in [4.78, 5) is 245. The summed E-state index contributed by atoms with van der Waals surface area (Å²) in [6.45, 7) is 7.05. The SMILES string of the molecule is CCC[C@H]1C(=O)N2CCC[C@@H]2C(=O)N[C@@H](CCN)C(=O)N[C@@H](C(C)C)C(=O)N(C)[C@@H](Cc2ccccc2)C(=O)N[C@@H](COC=O)C(=O)N2CCC[C@@H]2C(=O)N[C@@H](Cc2c[nH]c3ccccc23)C(=O)N[C@@H](Cc2ccc(O)cc2)C(=O)N[C@@H](CC(C)C)C(=O)N[C@H](C(=O)NCC(N)=O)CSCC(=O)N[C@@H](Cc2ccccc2)C(=O)N(C)[C@@H](Cc2ccccc2)C(=O)N1C. The summed E-state index contributed by atoms with van der Waals surface area (Å²) in [5, 5.41) is 35.7. The lowest BCUT2D eigenvalue weighted by molar-refractivity contribution is -0.152. The highest BCUT2D eigenvalue weighted by atomic mass is 32.2. The molecular weight excluding hydrogens is 1650 g/mol. The van der Waals surface area contributed by atoms with Crippen molar-refractivity contribution < 1.29 is 86.6 Å². The fourth-order valence-electron chi connectivity index (χ4n) is 16.1. The van der Waals surface area contributed by atoms with Gasteiger partial charge in [-0.25, -0.2) is 0 Å². The van der Waals surface area contributed by atoms with Crippen LogP contribution in [0.3, 0.4) is 0 Å². The van der Waals surface area contributed by atoms with E-state index in [-0.39, 0.29) is 114 Å². The van der Waals surface area contributed by atoms with Crippen LogP contribution < -0.4 is 59.3 Å². The van der Waals surface area contributed by atoms with Gasteiger partial charge in [-0.15, -0.1) is 11.8 Å². The monoisotopic (exact) mass is 1770 g/mol. The minimum absolute atomic E-state index is 0.0124. The Balaban J connectivity index is 1.11. The number of aromatic amines is 1. The molecule has 5 aromatic carbocycles. The van der Waals surface area contributed by atoms with E-state index in [9.17, 15) is 38.7 Å². The van der Waals surface area contributed by atoms with Gasteiger partial charge in [0.2, 0.25) is 88.6 Å². The van der Waals surface area contributed by atoms with Gasteiger partial charge < -0.3 is 98.6 Å². The van der Waals surface area contributed by atoms with Crippen LogP contribution in [0.15, 0.2) is 146 Å². The number of carbonyl (C=O) groups excluding carboxylic acids is 16. The number of carbonyl (C=O) groups is 16. The zero-order valence-electron chi connectivity index (χ0n) is 72.9. The predicted molar refractivity (Wildman–Crippen MR) is 473 cm³/mol. The zero-order chi connectivity index (χ0) is 92.1. The summed E-state index contributed by atoms with van der Waals surface area (Å²) in [6, 6.07) is 20.3. The fraction of sp³-hybridized carbons (Fsp3) is 0.473. The van der Waals surface area contributed by atoms with Crippen molar-refractivity contribution in [3.63, 3.8) is 0 Å². The molecule has 0 unspecified atom stereocenters. The highest BCUT2D eigenvalue weighted by Gasteiger charge is 2.46. The van der Waals surface area contributed by atoms with Crippen LogP contribution in [-0.2, 0) is 114 Å². The van der Waals surface area contributed by atoms with Gasteiger partial charge in [0.15, 0.2) is 0 Å². The molecule has 9 rings (SSSR count). The number of H-pyrrole nitrogens is 1. The van der Waals surface area contributed by atoms with Gasteiger partial charge in [-0.05, 0) is 109 Å². The van der Waals surface area contributed by atoms with Crippen molar-refractivity contribution >= 4 is 118 Å². The van der Waals surface area contributed by atoms with Gasteiger partial charge in [-0.1, -0.05) is 162 Å². The Morgan fingerprint density at radius 1 is 0.520 bits per heavy atom. The first-order chi connectivity index (χ1) is 60.8. The molecule has 35 nitrogen and oxygen atoms in total.